The van der Waals surface area contributed by atoms with Gasteiger partial charge in [0.05, 0.1) is 22.2 Å². The first-order valence-corrected chi connectivity index (χ1v) is 11.7. The summed E-state index contributed by atoms with van der Waals surface area (Å²) in [6, 6.07) is 17.4. The van der Waals surface area contributed by atoms with Gasteiger partial charge in [-0.2, -0.15) is 0 Å². The lowest BCUT2D eigenvalue weighted by atomic mass is 10.1. The molecule has 31 heavy (non-hydrogen) atoms. The van der Waals surface area contributed by atoms with Gasteiger partial charge in [0.1, 0.15) is 5.03 Å². The van der Waals surface area contributed by atoms with E-state index in [1.54, 1.807) is 11.3 Å². The molecule has 0 bridgehead atoms. The highest BCUT2D eigenvalue weighted by molar-refractivity contribution is 8.00. The Hall–Kier alpha value is -3.10. The van der Waals surface area contributed by atoms with Crippen molar-refractivity contribution in [1.82, 2.24) is 15.3 Å². The number of nitrogens with one attached hydrogen (secondary N) is 1. The van der Waals surface area contributed by atoms with Gasteiger partial charge < -0.3 is 14.8 Å². The second-order valence-electron chi connectivity index (χ2n) is 7.04. The van der Waals surface area contributed by atoms with E-state index in [9.17, 15) is 4.79 Å². The fourth-order valence-electron chi connectivity index (χ4n) is 3.36. The zero-order valence-electron chi connectivity index (χ0n) is 16.7. The van der Waals surface area contributed by atoms with Crippen molar-refractivity contribution in [3.63, 3.8) is 0 Å². The molecule has 0 saturated heterocycles. The van der Waals surface area contributed by atoms with Crippen molar-refractivity contribution in [2.45, 2.75) is 18.0 Å². The molecule has 1 aliphatic rings. The summed E-state index contributed by atoms with van der Waals surface area (Å²) in [7, 11) is 0. The molecule has 2 aromatic carbocycles. The van der Waals surface area contributed by atoms with E-state index < -0.39 is 0 Å². The van der Waals surface area contributed by atoms with Crippen molar-refractivity contribution in [3.8, 4) is 22.2 Å². The Kier molecular flexibility index (Phi) is 5.48. The minimum atomic E-state index is -0.147. The molecule has 1 atom stereocenters. The van der Waals surface area contributed by atoms with Crippen LogP contribution in [-0.4, -0.2) is 28.4 Å². The summed E-state index contributed by atoms with van der Waals surface area (Å²) in [5, 5.41) is 6.81. The van der Waals surface area contributed by atoms with Crippen LogP contribution in [0, 0.1) is 0 Å². The third kappa shape index (κ3) is 4.22. The van der Waals surface area contributed by atoms with Gasteiger partial charge >= 0.3 is 0 Å². The minimum Gasteiger partial charge on any atom is -0.454 e. The number of nitrogens with zero attached hydrogens (tertiary/aromatic N) is 2. The van der Waals surface area contributed by atoms with Crippen LogP contribution in [0.5, 0.6) is 11.5 Å². The molecule has 0 radical (unpaired) electrons. The van der Waals surface area contributed by atoms with Crippen molar-refractivity contribution in [2.75, 3.05) is 12.5 Å². The van der Waals surface area contributed by atoms with Crippen LogP contribution in [0.4, 0.5) is 0 Å². The van der Waals surface area contributed by atoms with Crippen LogP contribution in [0.15, 0.2) is 65.0 Å². The fourth-order valence-corrected chi connectivity index (χ4v) is 4.84. The number of para-hydroxylation sites is 1. The second kappa shape index (κ2) is 8.56. The number of aromatic nitrogens is 2. The predicted molar refractivity (Wildman–Crippen MR) is 123 cm³/mol. The highest BCUT2D eigenvalue weighted by Crippen LogP contribution is 2.34. The maximum absolute atomic E-state index is 12.7. The van der Waals surface area contributed by atoms with E-state index in [0.717, 1.165) is 32.1 Å². The van der Waals surface area contributed by atoms with Crippen molar-refractivity contribution < 1.29 is 14.3 Å². The summed E-state index contributed by atoms with van der Waals surface area (Å²) in [6.45, 7) is 2.19. The Morgan fingerprint density at radius 3 is 2.87 bits per heavy atom. The smallest absolute Gasteiger partial charge is 0.231 e. The molecule has 0 unspecified atom stereocenters. The largest absolute Gasteiger partial charge is 0.454 e. The summed E-state index contributed by atoms with van der Waals surface area (Å²) in [6.07, 6.45) is 0. The second-order valence-corrected chi connectivity index (χ2v) is 8.95. The molecule has 0 saturated carbocycles. The van der Waals surface area contributed by atoms with Crippen LogP contribution in [0.25, 0.3) is 21.6 Å². The number of carbonyl (C=O) groups excluding carboxylic acids is 1. The maximum Gasteiger partial charge on any atom is 0.231 e. The molecule has 2 aromatic heterocycles. The molecule has 0 aliphatic carbocycles. The van der Waals surface area contributed by atoms with Gasteiger partial charge in [-0.3, -0.25) is 4.79 Å². The molecule has 6 nitrogen and oxygen atoms in total. The third-order valence-electron chi connectivity index (χ3n) is 4.92. The van der Waals surface area contributed by atoms with Crippen LogP contribution in [0.2, 0.25) is 0 Å². The average Bonchev–Trinajstić information content (AvgIpc) is 3.48. The van der Waals surface area contributed by atoms with E-state index in [1.807, 2.05) is 66.9 Å². The van der Waals surface area contributed by atoms with Crippen molar-refractivity contribution >= 4 is 39.9 Å². The molecule has 4 aromatic rings. The van der Waals surface area contributed by atoms with Gasteiger partial charge in [0, 0.05) is 5.39 Å². The van der Waals surface area contributed by atoms with Gasteiger partial charge in [0.2, 0.25) is 12.7 Å². The molecule has 1 aliphatic heterocycles. The van der Waals surface area contributed by atoms with Gasteiger partial charge in [-0.05, 0) is 42.1 Å². The van der Waals surface area contributed by atoms with Gasteiger partial charge in [0.15, 0.2) is 17.3 Å². The maximum atomic E-state index is 12.7. The highest BCUT2D eigenvalue weighted by Gasteiger charge is 2.18. The first-order valence-electron chi connectivity index (χ1n) is 9.80. The Morgan fingerprint density at radius 1 is 1.13 bits per heavy atom. The van der Waals surface area contributed by atoms with Gasteiger partial charge in [-0.1, -0.05) is 42.1 Å². The van der Waals surface area contributed by atoms with E-state index >= 15 is 0 Å². The zero-order chi connectivity index (χ0) is 21.2. The molecule has 5 rings (SSSR count). The van der Waals surface area contributed by atoms with Crippen LogP contribution in [-0.2, 0) is 4.79 Å². The number of hydrogen-bond donors (Lipinski definition) is 1. The van der Waals surface area contributed by atoms with E-state index in [1.165, 1.54) is 11.8 Å². The molecule has 0 spiro atoms. The van der Waals surface area contributed by atoms with Crippen molar-refractivity contribution in [3.05, 3.63) is 65.5 Å². The molecule has 1 amide bonds. The first kappa shape index (κ1) is 19.8. The lowest BCUT2D eigenvalue weighted by Crippen LogP contribution is -2.28. The fraction of sp³-hybridized carbons (Fsp3) is 0.174. The number of fused-ring (bicyclic) bond motifs is 2. The zero-order valence-corrected chi connectivity index (χ0v) is 18.3. The standard InChI is InChI=1S/C23H19N3O3S2/c1-14(15-8-9-18-19(11-15)29-13-28-18)24-21(27)12-31-23-16-5-2-3-6-17(16)25-22(26-23)20-7-4-10-30-20/h2-11,14H,12-13H2,1H3,(H,24,27)/t14-/m1/s1. The Labute approximate surface area is 187 Å². The predicted octanol–water partition coefficient (Wildman–Crippen LogP) is 5.06. The van der Waals surface area contributed by atoms with Crippen LogP contribution < -0.4 is 14.8 Å². The normalized spacial score (nSPS) is 13.3. The number of ether oxygens (including phenoxy) is 2. The van der Waals surface area contributed by atoms with Crippen molar-refractivity contribution in [1.29, 1.82) is 0 Å². The molecular formula is C23H19N3O3S2. The molecular weight excluding hydrogens is 430 g/mol. The summed E-state index contributed by atoms with van der Waals surface area (Å²) in [5.41, 5.74) is 1.84. The highest BCUT2D eigenvalue weighted by atomic mass is 32.2. The van der Waals surface area contributed by atoms with E-state index in [0.29, 0.717) is 11.6 Å². The lowest BCUT2D eigenvalue weighted by Gasteiger charge is -2.15. The number of rotatable bonds is 6. The van der Waals surface area contributed by atoms with E-state index in [-0.39, 0.29) is 24.5 Å². The Balaban J connectivity index is 1.30. The van der Waals surface area contributed by atoms with Crippen molar-refractivity contribution in [2.24, 2.45) is 0 Å². The average molecular weight is 450 g/mol. The Bertz CT molecular complexity index is 1240. The number of thiophene rings is 1. The van der Waals surface area contributed by atoms with Crippen LogP contribution >= 0.6 is 23.1 Å². The first-order chi connectivity index (χ1) is 15.2. The molecule has 1 N–H and O–H groups in total. The number of carbonyl (C=O) groups is 1. The number of benzene rings is 2. The molecule has 8 heteroatoms. The van der Waals surface area contributed by atoms with Crippen LogP contribution in [0.3, 0.4) is 0 Å². The third-order valence-corrected chi connectivity index (χ3v) is 6.78. The SMILES string of the molecule is C[C@@H](NC(=O)CSc1nc(-c2cccs2)nc2ccccc12)c1ccc2c(c1)OCO2. The van der Waals surface area contributed by atoms with Gasteiger partial charge in [-0.15, -0.1) is 11.3 Å². The summed E-state index contributed by atoms with van der Waals surface area (Å²) >= 11 is 3.02. The van der Waals surface area contributed by atoms with Gasteiger partial charge in [0.25, 0.3) is 0 Å². The number of hydrogen-bond acceptors (Lipinski definition) is 7. The van der Waals surface area contributed by atoms with E-state index in [4.69, 9.17) is 14.5 Å². The van der Waals surface area contributed by atoms with Crippen LogP contribution in [0.1, 0.15) is 18.5 Å². The monoisotopic (exact) mass is 449 g/mol. The number of amides is 1. The summed E-state index contributed by atoms with van der Waals surface area (Å²) in [5.74, 6) is 2.33. The summed E-state index contributed by atoms with van der Waals surface area (Å²) in [4.78, 5) is 23.1. The topological polar surface area (TPSA) is 73.3 Å². The lowest BCUT2D eigenvalue weighted by molar-refractivity contribution is -0.119. The quantitative estimate of drug-likeness (QED) is 0.328. The molecule has 156 valence electrons. The van der Waals surface area contributed by atoms with Gasteiger partial charge in [-0.25, -0.2) is 9.97 Å². The molecule has 0 fully saturated rings. The molecule has 3 heterocycles. The Morgan fingerprint density at radius 2 is 2.00 bits per heavy atom. The van der Waals surface area contributed by atoms with E-state index in [2.05, 4.69) is 10.3 Å². The minimum absolute atomic E-state index is 0.0597. The summed E-state index contributed by atoms with van der Waals surface area (Å²) < 4.78 is 10.8. The number of thioether (sulfide) groups is 1.